The zero-order valence-electron chi connectivity index (χ0n) is 85.6. The summed E-state index contributed by atoms with van der Waals surface area (Å²) in [4.78, 5) is 23.2. The molecule has 0 fully saturated rings. The number of ether oxygens (including phenoxy) is 1. The minimum absolute atomic E-state index is 0.119. The molecule has 0 aliphatic carbocycles. The maximum atomic E-state index is 6.23. The predicted molar refractivity (Wildman–Crippen MR) is 611 cm³/mol. The standard InChI is InChI=1S/C29H32ClN3O.3C23H28ClN3.C22H26ClN3/c1-20-6-11-23(12-7-20)34-24-13-8-21(9-14-24)26-19-32-27-18-22(30)10-15-25(27)28(26)31-16-5-17-33-29(2,3)4;3*1-16-6-8-17(9-7-16)20-15-26-21-14-18(24)10-11-19(21)22(20)25-12-5-13-27-23(2,3)4;1-22(2,3)26-13-7-12-24-21-18-11-10-17(23)14-20(18)25-15-19(21)16-8-5-4-6-9-16/h6-15,18-19,33H,5,16-17H2,1-4H3,(H,31,32);3*6-11,14-15,27H,5,12-13H2,1-4H3,(H,25,26);4-6,8-11,14-15,26H,7,12-13H2,1-3H3,(H,24,25). The molecule has 10 N–H and O–H groups in total. The van der Waals surface area contributed by atoms with E-state index in [1.807, 2.05) is 146 Å². The molecule has 16 nitrogen and oxygen atoms in total. The molecule has 0 aliphatic heterocycles. The van der Waals surface area contributed by atoms with E-state index in [-0.39, 0.29) is 27.7 Å². The van der Waals surface area contributed by atoms with Crippen molar-refractivity contribution in [2.24, 2.45) is 0 Å². The number of aromatic nitrogens is 5. The van der Waals surface area contributed by atoms with Gasteiger partial charge in [0.05, 0.1) is 56.0 Å². The number of aryl methyl sites for hydroxylation is 4. The highest BCUT2D eigenvalue weighted by molar-refractivity contribution is 6.33. The molecule has 738 valence electrons. The van der Waals surface area contributed by atoms with Crippen molar-refractivity contribution in [3.05, 3.63) is 321 Å². The van der Waals surface area contributed by atoms with Crippen LogP contribution < -0.4 is 57.9 Å². The molecule has 0 amide bonds. The quantitative estimate of drug-likeness (QED) is 0.0179. The van der Waals surface area contributed by atoms with Gasteiger partial charge in [0.1, 0.15) is 11.5 Å². The van der Waals surface area contributed by atoms with Crippen LogP contribution in [-0.4, -0.2) is 118 Å². The predicted octanol–water partition coefficient (Wildman–Crippen LogP) is 31.8. The Bertz CT molecular complexity index is 6360. The van der Waals surface area contributed by atoms with E-state index in [1.54, 1.807) is 0 Å². The number of nitrogens with one attached hydrogen (secondary N) is 10. The third kappa shape index (κ3) is 34.1. The summed E-state index contributed by atoms with van der Waals surface area (Å²) in [5, 5.41) is 44.9. The summed E-state index contributed by atoms with van der Waals surface area (Å²) in [6.07, 6.45) is 14.9. The van der Waals surface area contributed by atoms with Crippen molar-refractivity contribution in [2.75, 3.05) is 92.0 Å². The van der Waals surface area contributed by atoms with E-state index in [2.05, 4.69) is 337 Å². The number of fused-ring (bicyclic) bond motifs is 5. The van der Waals surface area contributed by atoms with E-state index in [1.165, 1.54) is 38.9 Å². The van der Waals surface area contributed by atoms with Crippen LogP contribution in [0.1, 0.15) is 158 Å². The van der Waals surface area contributed by atoms with Gasteiger partial charge in [-0.2, -0.15) is 0 Å². The number of rotatable bonds is 32. The number of hydrogen-bond acceptors (Lipinski definition) is 16. The van der Waals surface area contributed by atoms with E-state index in [0.29, 0.717) is 25.1 Å². The van der Waals surface area contributed by atoms with Crippen molar-refractivity contribution in [3.63, 3.8) is 0 Å². The molecular weight excluding hydrogens is 1840 g/mol. The van der Waals surface area contributed by atoms with E-state index in [0.717, 1.165) is 231 Å². The van der Waals surface area contributed by atoms with E-state index in [9.17, 15) is 0 Å². The molecule has 0 radical (unpaired) electrons. The maximum absolute atomic E-state index is 6.23. The van der Waals surface area contributed by atoms with Gasteiger partial charge in [-0.25, -0.2) is 0 Å². The molecule has 11 aromatic carbocycles. The van der Waals surface area contributed by atoms with Crippen LogP contribution >= 0.6 is 58.0 Å². The highest BCUT2D eigenvalue weighted by atomic mass is 35.5. The third-order valence-electron chi connectivity index (χ3n) is 23.3. The number of hydrogen-bond donors (Lipinski definition) is 10. The molecule has 0 atom stereocenters. The van der Waals surface area contributed by atoms with Crippen LogP contribution in [0.3, 0.4) is 0 Å². The van der Waals surface area contributed by atoms with Gasteiger partial charge < -0.3 is 57.9 Å². The average molecular weight is 1990 g/mol. The summed E-state index contributed by atoms with van der Waals surface area (Å²) in [6, 6.07) is 81.8. The summed E-state index contributed by atoms with van der Waals surface area (Å²) < 4.78 is 6.00. The molecule has 0 saturated carbocycles. The van der Waals surface area contributed by atoms with Gasteiger partial charge in [-0.3, -0.25) is 24.9 Å². The van der Waals surface area contributed by atoms with Gasteiger partial charge in [-0.15, -0.1) is 0 Å². The Morgan fingerprint density at radius 1 is 0.220 bits per heavy atom. The molecule has 16 aromatic rings. The van der Waals surface area contributed by atoms with Gasteiger partial charge in [0.2, 0.25) is 0 Å². The lowest BCUT2D eigenvalue weighted by atomic mass is 10.0. The molecule has 21 heteroatoms. The van der Waals surface area contributed by atoms with E-state index >= 15 is 0 Å². The van der Waals surface area contributed by atoms with Crippen molar-refractivity contribution in [2.45, 2.75) is 191 Å². The smallest absolute Gasteiger partial charge is 0.127 e. The second kappa shape index (κ2) is 51.0. The second-order valence-electron chi connectivity index (χ2n) is 41.2. The fourth-order valence-corrected chi connectivity index (χ4v) is 16.8. The van der Waals surface area contributed by atoms with Crippen LogP contribution in [0, 0.1) is 27.7 Å². The molecule has 0 bridgehead atoms. The summed E-state index contributed by atoms with van der Waals surface area (Å²) in [6.45, 7) is 50.5. The minimum Gasteiger partial charge on any atom is -0.457 e. The lowest BCUT2D eigenvalue weighted by Gasteiger charge is -2.21. The molecule has 0 spiro atoms. The minimum atomic E-state index is 0.119. The van der Waals surface area contributed by atoms with Gasteiger partial charge in [-0.05, 0) is 339 Å². The van der Waals surface area contributed by atoms with Crippen molar-refractivity contribution in [3.8, 4) is 67.1 Å². The van der Waals surface area contributed by atoms with Crippen molar-refractivity contribution in [1.29, 1.82) is 0 Å². The first-order valence-electron chi connectivity index (χ1n) is 49.2. The Morgan fingerprint density at radius 3 is 0.610 bits per heavy atom. The lowest BCUT2D eigenvalue weighted by Crippen LogP contribution is -2.36. The topological polar surface area (TPSA) is 194 Å². The Labute approximate surface area is 862 Å². The van der Waals surface area contributed by atoms with Crippen molar-refractivity contribution in [1.82, 2.24) is 51.5 Å². The normalized spacial score (nSPS) is 11.7. The summed E-state index contributed by atoms with van der Waals surface area (Å²) in [7, 11) is 0. The van der Waals surface area contributed by atoms with Crippen LogP contribution in [0.4, 0.5) is 28.4 Å². The summed E-state index contributed by atoms with van der Waals surface area (Å²) in [5.41, 5.74) is 27.0. The Morgan fingerprint density at radius 2 is 0.404 bits per heavy atom. The third-order valence-corrected chi connectivity index (χ3v) is 24.5. The number of benzene rings is 11. The Hall–Kier alpha value is -11.5. The highest BCUT2D eigenvalue weighted by Gasteiger charge is 2.21. The Balaban J connectivity index is 0.000000158. The molecule has 16 rings (SSSR count). The Kier molecular flexibility index (Phi) is 39.2. The summed E-state index contributed by atoms with van der Waals surface area (Å²) >= 11 is 30.9. The molecule has 0 unspecified atom stereocenters. The number of nitrogens with zero attached hydrogens (tertiary/aromatic N) is 5. The molecular formula is C120H142Cl5N15O. The van der Waals surface area contributed by atoms with E-state index < -0.39 is 0 Å². The van der Waals surface area contributed by atoms with Gasteiger partial charge in [0.25, 0.3) is 0 Å². The number of halogens is 5. The first-order valence-corrected chi connectivity index (χ1v) is 51.1. The van der Waals surface area contributed by atoms with Crippen LogP contribution in [0.5, 0.6) is 11.5 Å². The fraction of sp³-hybridized carbons (Fsp3) is 0.325. The van der Waals surface area contributed by atoms with Crippen molar-refractivity contribution < 1.29 is 4.74 Å². The highest BCUT2D eigenvalue weighted by Crippen LogP contribution is 2.42. The van der Waals surface area contributed by atoms with Gasteiger partial charge in [-0.1, -0.05) is 208 Å². The molecule has 0 aliphatic rings. The molecule has 5 heterocycles. The first kappa shape index (κ1) is 108. The molecule has 141 heavy (non-hydrogen) atoms. The fourth-order valence-electron chi connectivity index (χ4n) is 16.0. The van der Waals surface area contributed by atoms with Crippen LogP contribution in [0.15, 0.2) is 274 Å². The van der Waals surface area contributed by atoms with Crippen LogP contribution in [0.2, 0.25) is 25.1 Å². The number of anilines is 5. The zero-order chi connectivity index (χ0) is 101. The van der Waals surface area contributed by atoms with E-state index in [4.69, 9.17) is 62.7 Å². The van der Waals surface area contributed by atoms with Gasteiger partial charge in [0, 0.05) is 171 Å². The van der Waals surface area contributed by atoms with Crippen LogP contribution in [0.25, 0.3) is 110 Å². The maximum Gasteiger partial charge on any atom is 0.127 e. The van der Waals surface area contributed by atoms with Crippen molar-refractivity contribution >= 4 is 141 Å². The number of pyridine rings is 5. The average Bonchev–Trinajstić information content (AvgIpc) is 0.741. The second-order valence-corrected chi connectivity index (χ2v) is 43.4. The monoisotopic (exact) mass is 1980 g/mol. The largest absolute Gasteiger partial charge is 0.457 e. The molecule has 5 aromatic heterocycles. The van der Waals surface area contributed by atoms with Gasteiger partial charge >= 0.3 is 0 Å². The van der Waals surface area contributed by atoms with Crippen LogP contribution in [-0.2, 0) is 0 Å². The zero-order valence-corrected chi connectivity index (χ0v) is 89.4. The SMILES string of the molecule is CC(C)(C)NCCCNc1c(-c2ccccc2)cnc2cc(Cl)ccc12.Cc1ccc(-c2cnc3cc(Cl)ccc3c2NCCCNC(C)(C)C)cc1.Cc1ccc(-c2cnc3cc(Cl)ccc3c2NCCCNC(C)(C)C)cc1.Cc1ccc(-c2cnc3cc(Cl)ccc3c2NCCCNC(C)(C)C)cc1.Cc1ccc(Oc2ccc(-c3cnc4cc(Cl)ccc4c3NCCCNC(C)(C)C)cc2)cc1. The molecule has 0 saturated heterocycles. The first-order chi connectivity index (χ1) is 67.2. The van der Waals surface area contributed by atoms with Gasteiger partial charge in [0.15, 0.2) is 0 Å². The summed E-state index contributed by atoms with van der Waals surface area (Å²) in [5.74, 6) is 1.63. The lowest BCUT2D eigenvalue weighted by molar-refractivity contribution is 0.424.